The van der Waals surface area contributed by atoms with Crippen LogP contribution in [0.4, 0.5) is 0 Å². The molecular formula is C17H22O10. The Morgan fingerprint density at radius 1 is 1.11 bits per heavy atom. The van der Waals surface area contributed by atoms with E-state index in [9.17, 15) is 25.2 Å². The number of hydrogen-bond donors (Lipinski definition) is 5. The minimum Gasteiger partial charge on any atom is -0.502 e. The Bertz CT molecular complexity index is 661. The molecule has 5 N–H and O–H groups in total. The van der Waals surface area contributed by atoms with E-state index in [1.807, 2.05) is 0 Å². The predicted octanol–water partition coefficient (Wildman–Crippen LogP) is -1.23. The Morgan fingerprint density at radius 2 is 1.70 bits per heavy atom. The molecule has 27 heavy (non-hydrogen) atoms. The van der Waals surface area contributed by atoms with Crippen LogP contribution < -0.4 is 9.47 Å². The Balaban J connectivity index is 2.09. The van der Waals surface area contributed by atoms with Gasteiger partial charge in [-0.25, -0.2) is 4.79 Å². The number of carbonyl (C=O) groups is 1. The Morgan fingerprint density at radius 3 is 2.22 bits per heavy atom. The molecule has 1 unspecified atom stereocenters. The number of carbonyl (C=O) groups excluding carboxylic acids is 1. The second-order valence-corrected chi connectivity index (χ2v) is 5.74. The number of aromatic hydroxyl groups is 1. The summed E-state index contributed by atoms with van der Waals surface area (Å²) in [4.78, 5) is 12.0. The van der Waals surface area contributed by atoms with Crippen molar-refractivity contribution >= 4 is 12.0 Å². The summed E-state index contributed by atoms with van der Waals surface area (Å²) in [6.45, 7) is -0.637. The summed E-state index contributed by atoms with van der Waals surface area (Å²) in [5, 5.41) is 48.2. The first-order valence-corrected chi connectivity index (χ1v) is 7.96. The maximum atomic E-state index is 12.0. The van der Waals surface area contributed by atoms with Gasteiger partial charge in [-0.3, -0.25) is 0 Å². The third kappa shape index (κ3) is 4.67. The molecule has 1 aliphatic rings. The maximum absolute atomic E-state index is 12.0. The van der Waals surface area contributed by atoms with Crippen LogP contribution in [0.2, 0.25) is 0 Å². The summed E-state index contributed by atoms with van der Waals surface area (Å²) in [7, 11) is 2.71. The van der Waals surface area contributed by atoms with Crippen molar-refractivity contribution in [3.05, 3.63) is 23.8 Å². The maximum Gasteiger partial charge on any atom is 0.333 e. The second-order valence-electron chi connectivity index (χ2n) is 5.74. The molecule has 0 amide bonds. The van der Waals surface area contributed by atoms with Crippen LogP contribution in [0.25, 0.3) is 6.08 Å². The molecule has 2 rings (SSSR count). The molecule has 0 aliphatic carbocycles. The average molecular weight is 386 g/mol. The first-order valence-electron chi connectivity index (χ1n) is 7.96. The fraction of sp³-hybridized carbons (Fsp3) is 0.471. The summed E-state index contributed by atoms with van der Waals surface area (Å²) in [5.41, 5.74) is 0.451. The largest absolute Gasteiger partial charge is 0.502 e. The van der Waals surface area contributed by atoms with Gasteiger partial charge in [-0.05, 0) is 23.8 Å². The molecule has 1 saturated heterocycles. The fourth-order valence-corrected chi connectivity index (χ4v) is 2.49. The molecule has 0 bridgehead atoms. The Labute approximate surface area is 154 Å². The van der Waals surface area contributed by atoms with Crippen LogP contribution in [0.1, 0.15) is 5.56 Å². The number of rotatable bonds is 6. The van der Waals surface area contributed by atoms with Crippen molar-refractivity contribution < 1.29 is 49.3 Å². The van der Waals surface area contributed by atoms with E-state index in [1.54, 1.807) is 0 Å². The molecule has 150 valence electrons. The second kappa shape index (κ2) is 9.02. The standard InChI is InChI=1S/C17H22O10/c1-24-9-5-8(6-10(25-2)13(9)20)3-4-12(19)27-17-16(23)15(22)14(21)11(7-18)26-17/h3-6,11,14-18,20-23H,7H2,1-2H3/t11-,14-,15+,16-,17?/m1/s1. The lowest BCUT2D eigenvalue weighted by Gasteiger charge is -2.38. The van der Waals surface area contributed by atoms with Gasteiger partial charge in [0.25, 0.3) is 0 Å². The first kappa shape index (κ1) is 20.9. The van der Waals surface area contributed by atoms with Gasteiger partial charge in [-0.1, -0.05) is 0 Å². The molecule has 1 heterocycles. The molecule has 1 aliphatic heterocycles. The lowest BCUT2D eigenvalue weighted by atomic mass is 9.99. The van der Waals surface area contributed by atoms with Crippen LogP contribution in [-0.4, -0.2) is 83.0 Å². The summed E-state index contributed by atoms with van der Waals surface area (Å²) < 4.78 is 20.0. The normalized spacial score (nSPS) is 28.1. The van der Waals surface area contributed by atoms with Crippen molar-refractivity contribution in [1.82, 2.24) is 0 Å². The Kier molecular flexibility index (Phi) is 6.99. The zero-order chi connectivity index (χ0) is 20.1. The van der Waals surface area contributed by atoms with Gasteiger partial charge in [0.15, 0.2) is 11.5 Å². The van der Waals surface area contributed by atoms with Crippen LogP contribution in [0.5, 0.6) is 17.2 Å². The van der Waals surface area contributed by atoms with Crippen LogP contribution >= 0.6 is 0 Å². The third-order valence-corrected chi connectivity index (χ3v) is 3.99. The van der Waals surface area contributed by atoms with Crippen LogP contribution in [0, 0.1) is 0 Å². The highest BCUT2D eigenvalue weighted by Crippen LogP contribution is 2.37. The topological polar surface area (TPSA) is 155 Å². The minimum atomic E-state index is -1.69. The SMILES string of the molecule is COc1cc(C=CC(=O)OC2O[C@H](CO)[C@@H](O)[C@H](O)[C@H]2O)cc(OC)c1O. The highest BCUT2D eigenvalue weighted by Gasteiger charge is 2.45. The molecule has 5 atom stereocenters. The zero-order valence-electron chi connectivity index (χ0n) is 14.7. The minimum absolute atomic E-state index is 0.135. The van der Waals surface area contributed by atoms with Crippen molar-refractivity contribution in [2.75, 3.05) is 20.8 Å². The number of phenolic OH excluding ortho intramolecular Hbond substituents is 1. The van der Waals surface area contributed by atoms with Gasteiger partial charge in [0, 0.05) is 6.08 Å². The van der Waals surface area contributed by atoms with E-state index in [-0.39, 0.29) is 17.2 Å². The molecule has 0 saturated carbocycles. The predicted molar refractivity (Wildman–Crippen MR) is 90.1 cm³/mol. The van der Waals surface area contributed by atoms with Gasteiger partial charge in [-0.2, -0.15) is 0 Å². The summed E-state index contributed by atoms with van der Waals surface area (Å²) in [6.07, 6.45) is -5.27. The summed E-state index contributed by atoms with van der Waals surface area (Å²) >= 11 is 0. The van der Waals surface area contributed by atoms with E-state index >= 15 is 0 Å². The average Bonchev–Trinajstić information content (AvgIpc) is 2.67. The molecule has 0 aromatic heterocycles. The van der Waals surface area contributed by atoms with Gasteiger partial charge in [-0.15, -0.1) is 0 Å². The summed E-state index contributed by atoms with van der Waals surface area (Å²) in [5.74, 6) is -0.834. The smallest absolute Gasteiger partial charge is 0.333 e. The van der Waals surface area contributed by atoms with Crippen LogP contribution in [0.15, 0.2) is 18.2 Å². The summed E-state index contributed by atoms with van der Waals surface area (Å²) in [6, 6.07) is 2.91. The number of aliphatic hydroxyl groups is 4. The number of methoxy groups -OCH3 is 2. The van der Waals surface area contributed by atoms with Crippen LogP contribution in [-0.2, 0) is 14.3 Å². The van der Waals surface area contributed by atoms with E-state index in [1.165, 1.54) is 32.4 Å². The molecular weight excluding hydrogens is 364 g/mol. The molecule has 1 aromatic carbocycles. The number of phenols is 1. The monoisotopic (exact) mass is 386 g/mol. The van der Waals surface area contributed by atoms with Gasteiger partial charge in [0.1, 0.15) is 24.4 Å². The number of esters is 1. The Hall–Kier alpha value is -2.37. The first-order chi connectivity index (χ1) is 12.8. The van der Waals surface area contributed by atoms with Crippen molar-refractivity contribution in [3.63, 3.8) is 0 Å². The lowest BCUT2D eigenvalue weighted by molar-refractivity contribution is -0.291. The van der Waals surface area contributed by atoms with Crippen molar-refractivity contribution in [2.24, 2.45) is 0 Å². The van der Waals surface area contributed by atoms with Gasteiger partial charge in [0.2, 0.25) is 12.0 Å². The van der Waals surface area contributed by atoms with E-state index < -0.39 is 43.3 Å². The highest BCUT2D eigenvalue weighted by atomic mass is 16.7. The van der Waals surface area contributed by atoms with E-state index in [0.717, 1.165) is 6.08 Å². The molecule has 10 heteroatoms. The van der Waals surface area contributed by atoms with Crippen molar-refractivity contribution in [3.8, 4) is 17.2 Å². The van der Waals surface area contributed by atoms with Gasteiger partial charge < -0.3 is 44.5 Å². The number of hydrogen-bond acceptors (Lipinski definition) is 10. The van der Waals surface area contributed by atoms with Crippen LogP contribution in [0.3, 0.4) is 0 Å². The molecule has 0 spiro atoms. The third-order valence-electron chi connectivity index (χ3n) is 3.99. The number of benzene rings is 1. The number of aliphatic hydroxyl groups excluding tert-OH is 4. The van der Waals surface area contributed by atoms with E-state index in [2.05, 4.69) is 0 Å². The lowest BCUT2D eigenvalue weighted by Crippen LogP contribution is -2.59. The zero-order valence-corrected chi connectivity index (χ0v) is 14.7. The van der Waals surface area contributed by atoms with Crippen molar-refractivity contribution in [2.45, 2.75) is 30.7 Å². The van der Waals surface area contributed by atoms with E-state index in [4.69, 9.17) is 24.1 Å². The van der Waals surface area contributed by atoms with E-state index in [0.29, 0.717) is 5.56 Å². The highest BCUT2D eigenvalue weighted by molar-refractivity contribution is 5.87. The van der Waals surface area contributed by atoms with Gasteiger partial charge in [0.05, 0.1) is 20.8 Å². The van der Waals surface area contributed by atoms with Crippen molar-refractivity contribution in [1.29, 1.82) is 0 Å². The number of ether oxygens (including phenoxy) is 4. The van der Waals surface area contributed by atoms with Gasteiger partial charge >= 0.3 is 5.97 Å². The molecule has 10 nitrogen and oxygen atoms in total. The quantitative estimate of drug-likeness (QED) is 0.296. The fourth-order valence-electron chi connectivity index (χ4n) is 2.49. The molecule has 0 radical (unpaired) electrons. The molecule has 1 aromatic rings. The molecule has 1 fully saturated rings.